The summed E-state index contributed by atoms with van der Waals surface area (Å²) in [7, 11) is 0. The fraction of sp³-hybridized carbons (Fsp3) is 0.333. The minimum absolute atomic E-state index is 0.561. The molecule has 2 aromatic carbocycles. The first kappa shape index (κ1) is 18.3. The van der Waals surface area contributed by atoms with Gasteiger partial charge in [0.05, 0.1) is 15.9 Å². The predicted octanol–water partition coefficient (Wildman–Crippen LogP) is 5.36. The summed E-state index contributed by atoms with van der Waals surface area (Å²) in [4.78, 5) is 9.41. The topological polar surface area (TPSA) is 49.3 Å². The molecule has 0 spiro atoms. The van der Waals surface area contributed by atoms with Crippen molar-refractivity contribution in [1.82, 2.24) is 10.3 Å². The normalized spacial score (nSPS) is 18.1. The maximum Gasteiger partial charge on any atom is 0.183 e. The zero-order valence-corrected chi connectivity index (χ0v) is 17.3. The second-order valence-electron chi connectivity index (χ2n) is 6.76. The molecule has 0 bridgehead atoms. The highest BCUT2D eigenvalue weighted by Gasteiger charge is 2.17. The van der Waals surface area contributed by atoms with E-state index in [1.165, 1.54) is 15.8 Å². The summed E-state index contributed by atoms with van der Waals surface area (Å²) in [6.45, 7) is 5.19. The predicted molar refractivity (Wildman–Crippen MR) is 120 cm³/mol. The lowest BCUT2D eigenvalue weighted by Crippen LogP contribution is -2.25. The Morgan fingerprint density at radius 2 is 2.07 bits per heavy atom. The SMILES string of the molecule is CC[C@@H]1CS/C(=N\c2ccc(CCNc3nc4c(C)cccc4s3)cc2)N1. The average Bonchev–Trinajstić information content (AvgIpc) is 3.30. The Hall–Kier alpha value is -2.05. The van der Waals surface area contributed by atoms with Crippen LogP contribution in [0.1, 0.15) is 24.5 Å². The number of thiazole rings is 1. The van der Waals surface area contributed by atoms with Gasteiger partial charge in [-0.05, 0) is 49.1 Å². The van der Waals surface area contributed by atoms with Crippen LogP contribution in [0.25, 0.3) is 10.2 Å². The lowest BCUT2D eigenvalue weighted by molar-refractivity contribution is 0.668. The molecule has 140 valence electrons. The highest BCUT2D eigenvalue weighted by Crippen LogP contribution is 2.28. The highest BCUT2D eigenvalue weighted by atomic mass is 32.2. The number of hydrogen-bond acceptors (Lipinski definition) is 5. The van der Waals surface area contributed by atoms with Crippen molar-refractivity contribution in [3.8, 4) is 0 Å². The van der Waals surface area contributed by atoms with Crippen LogP contribution in [-0.2, 0) is 6.42 Å². The molecule has 6 heteroatoms. The van der Waals surface area contributed by atoms with E-state index in [-0.39, 0.29) is 0 Å². The Labute approximate surface area is 168 Å². The van der Waals surface area contributed by atoms with Gasteiger partial charge < -0.3 is 10.6 Å². The van der Waals surface area contributed by atoms with Gasteiger partial charge >= 0.3 is 0 Å². The van der Waals surface area contributed by atoms with E-state index in [9.17, 15) is 0 Å². The van der Waals surface area contributed by atoms with Gasteiger partial charge in [-0.25, -0.2) is 9.98 Å². The molecule has 0 aliphatic carbocycles. The van der Waals surface area contributed by atoms with E-state index >= 15 is 0 Å². The van der Waals surface area contributed by atoms with Gasteiger partial charge in [0.25, 0.3) is 0 Å². The average molecular weight is 397 g/mol. The van der Waals surface area contributed by atoms with Gasteiger partial charge in [-0.2, -0.15) is 0 Å². The number of para-hydroxylation sites is 1. The standard InChI is InChI=1S/C21H24N4S2/c1-3-16-13-26-21(23-16)24-17-9-7-15(8-10-17)11-12-22-20-25-19-14(2)5-4-6-18(19)27-20/h4-10,16H,3,11-13H2,1-2H3,(H,22,25)(H,23,24)/t16-/m1/s1. The third-order valence-corrected chi connectivity index (χ3v) is 6.75. The number of fused-ring (bicyclic) bond motifs is 1. The molecule has 0 amide bonds. The monoisotopic (exact) mass is 396 g/mol. The summed E-state index contributed by atoms with van der Waals surface area (Å²) in [6.07, 6.45) is 2.11. The van der Waals surface area contributed by atoms with E-state index in [0.717, 1.165) is 46.6 Å². The number of aliphatic imine (C=N–C) groups is 1. The largest absolute Gasteiger partial charge is 0.361 e. The number of thioether (sulfide) groups is 1. The first-order chi connectivity index (χ1) is 13.2. The number of aryl methyl sites for hydroxylation is 1. The van der Waals surface area contributed by atoms with Crippen LogP contribution >= 0.6 is 23.1 Å². The Bertz CT molecular complexity index is 946. The molecule has 4 rings (SSSR count). The minimum atomic E-state index is 0.561. The summed E-state index contributed by atoms with van der Waals surface area (Å²) in [5.74, 6) is 1.12. The molecule has 1 saturated heterocycles. The van der Waals surface area contributed by atoms with Crippen molar-refractivity contribution in [2.75, 3.05) is 17.6 Å². The fourth-order valence-electron chi connectivity index (χ4n) is 3.05. The number of rotatable bonds is 6. The van der Waals surface area contributed by atoms with E-state index in [1.807, 2.05) is 11.8 Å². The zero-order chi connectivity index (χ0) is 18.6. The van der Waals surface area contributed by atoms with Crippen LogP contribution in [0.3, 0.4) is 0 Å². The Balaban J connectivity index is 1.32. The molecule has 2 N–H and O–H groups in total. The first-order valence-corrected chi connectivity index (χ1v) is 11.2. The van der Waals surface area contributed by atoms with E-state index in [0.29, 0.717) is 6.04 Å². The fourth-order valence-corrected chi connectivity index (χ4v) is 5.12. The summed E-state index contributed by atoms with van der Waals surface area (Å²) >= 11 is 3.53. The van der Waals surface area contributed by atoms with Crippen molar-refractivity contribution in [2.24, 2.45) is 4.99 Å². The van der Waals surface area contributed by atoms with Crippen LogP contribution in [0.4, 0.5) is 10.8 Å². The molecular weight excluding hydrogens is 372 g/mol. The highest BCUT2D eigenvalue weighted by molar-refractivity contribution is 8.14. The molecule has 0 unspecified atom stereocenters. The molecule has 1 fully saturated rings. The Morgan fingerprint density at radius 1 is 1.22 bits per heavy atom. The molecule has 1 aromatic heterocycles. The van der Waals surface area contributed by atoms with Gasteiger partial charge in [0.2, 0.25) is 0 Å². The van der Waals surface area contributed by atoms with Crippen LogP contribution in [-0.4, -0.2) is 28.5 Å². The van der Waals surface area contributed by atoms with Crippen LogP contribution in [0.2, 0.25) is 0 Å². The maximum absolute atomic E-state index is 4.71. The van der Waals surface area contributed by atoms with E-state index in [1.54, 1.807) is 11.3 Å². The molecular formula is C21H24N4S2. The first-order valence-electron chi connectivity index (χ1n) is 9.38. The Kier molecular flexibility index (Phi) is 5.64. The number of nitrogens with one attached hydrogen (secondary N) is 2. The van der Waals surface area contributed by atoms with E-state index < -0.39 is 0 Å². The van der Waals surface area contributed by atoms with Crippen LogP contribution in [0.15, 0.2) is 47.5 Å². The minimum Gasteiger partial charge on any atom is -0.361 e. The molecule has 4 nitrogen and oxygen atoms in total. The van der Waals surface area contributed by atoms with Gasteiger partial charge in [-0.3, -0.25) is 0 Å². The second kappa shape index (κ2) is 8.31. The summed E-state index contributed by atoms with van der Waals surface area (Å²) in [6, 6.07) is 15.4. The number of benzene rings is 2. The van der Waals surface area contributed by atoms with Crippen molar-refractivity contribution in [3.63, 3.8) is 0 Å². The Morgan fingerprint density at radius 3 is 2.81 bits per heavy atom. The molecule has 27 heavy (non-hydrogen) atoms. The number of aromatic nitrogens is 1. The van der Waals surface area contributed by atoms with Crippen LogP contribution < -0.4 is 10.6 Å². The summed E-state index contributed by atoms with van der Waals surface area (Å²) in [5.41, 5.74) is 4.66. The second-order valence-corrected chi connectivity index (χ2v) is 8.80. The number of amidine groups is 1. The third-order valence-electron chi connectivity index (χ3n) is 4.72. The lowest BCUT2D eigenvalue weighted by atomic mass is 10.1. The van der Waals surface area contributed by atoms with E-state index in [4.69, 9.17) is 9.98 Å². The van der Waals surface area contributed by atoms with Crippen LogP contribution in [0.5, 0.6) is 0 Å². The molecule has 1 aliphatic heterocycles. The molecule has 3 aromatic rings. The number of nitrogens with zero attached hydrogens (tertiary/aromatic N) is 2. The molecule has 0 radical (unpaired) electrons. The van der Waals surface area contributed by atoms with Gasteiger partial charge in [0.1, 0.15) is 0 Å². The van der Waals surface area contributed by atoms with Crippen molar-refractivity contribution >= 4 is 49.3 Å². The van der Waals surface area contributed by atoms with Crippen molar-refractivity contribution in [3.05, 3.63) is 53.6 Å². The summed E-state index contributed by atoms with van der Waals surface area (Å²) in [5, 5.41) is 8.97. The smallest absolute Gasteiger partial charge is 0.183 e. The molecule has 0 saturated carbocycles. The molecule has 1 aliphatic rings. The van der Waals surface area contributed by atoms with Gasteiger partial charge in [-0.1, -0.05) is 54.3 Å². The third kappa shape index (κ3) is 4.45. The lowest BCUT2D eigenvalue weighted by Gasteiger charge is -2.05. The van der Waals surface area contributed by atoms with Crippen molar-refractivity contribution < 1.29 is 0 Å². The zero-order valence-electron chi connectivity index (χ0n) is 15.7. The molecule has 2 heterocycles. The number of anilines is 1. The van der Waals surface area contributed by atoms with Crippen molar-refractivity contribution in [1.29, 1.82) is 0 Å². The number of hydrogen-bond donors (Lipinski definition) is 2. The molecule has 1 atom stereocenters. The van der Waals surface area contributed by atoms with Gasteiger partial charge in [0, 0.05) is 18.3 Å². The van der Waals surface area contributed by atoms with Crippen molar-refractivity contribution in [2.45, 2.75) is 32.7 Å². The van der Waals surface area contributed by atoms with E-state index in [2.05, 4.69) is 66.9 Å². The maximum atomic E-state index is 4.71. The van der Waals surface area contributed by atoms with Crippen LogP contribution in [0, 0.1) is 6.92 Å². The van der Waals surface area contributed by atoms with Gasteiger partial charge in [-0.15, -0.1) is 0 Å². The quantitative estimate of drug-likeness (QED) is 0.589. The van der Waals surface area contributed by atoms with Gasteiger partial charge in [0.15, 0.2) is 10.3 Å². The summed E-state index contributed by atoms with van der Waals surface area (Å²) < 4.78 is 1.24.